The molecular weight excluding hydrogens is 255 g/mol. The number of nitriles is 1. The lowest BCUT2D eigenvalue weighted by Crippen LogP contribution is -2.10. The SMILES string of the molecule is COc1cccc(NC(C#N)c2cc(F)ccc2C)c1. The number of nitrogens with one attached hydrogen (secondary N) is 1. The fourth-order valence-corrected chi connectivity index (χ4v) is 1.98. The lowest BCUT2D eigenvalue weighted by molar-refractivity contribution is 0.415. The zero-order valence-corrected chi connectivity index (χ0v) is 11.4. The highest BCUT2D eigenvalue weighted by molar-refractivity contribution is 5.52. The molecule has 102 valence electrons. The van der Waals surface area contributed by atoms with E-state index in [2.05, 4.69) is 11.4 Å². The zero-order chi connectivity index (χ0) is 14.5. The summed E-state index contributed by atoms with van der Waals surface area (Å²) in [6.07, 6.45) is 0. The molecule has 20 heavy (non-hydrogen) atoms. The first-order chi connectivity index (χ1) is 9.63. The summed E-state index contributed by atoms with van der Waals surface area (Å²) in [5.74, 6) is 0.348. The summed E-state index contributed by atoms with van der Waals surface area (Å²) in [6, 6.07) is 13.3. The van der Waals surface area contributed by atoms with Crippen LogP contribution < -0.4 is 10.1 Å². The van der Waals surface area contributed by atoms with Crippen molar-refractivity contribution in [3.63, 3.8) is 0 Å². The van der Waals surface area contributed by atoms with Gasteiger partial charge in [0.2, 0.25) is 0 Å². The molecule has 0 aliphatic rings. The van der Waals surface area contributed by atoms with Crippen LogP contribution >= 0.6 is 0 Å². The molecule has 0 heterocycles. The van der Waals surface area contributed by atoms with E-state index in [4.69, 9.17) is 4.74 Å². The maximum Gasteiger partial charge on any atom is 0.140 e. The Morgan fingerprint density at radius 3 is 2.75 bits per heavy atom. The van der Waals surface area contributed by atoms with E-state index in [-0.39, 0.29) is 5.82 Å². The third-order valence-corrected chi connectivity index (χ3v) is 3.06. The van der Waals surface area contributed by atoms with Gasteiger partial charge in [0.25, 0.3) is 0 Å². The second-order valence-electron chi connectivity index (χ2n) is 4.44. The summed E-state index contributed by atoms with van der Waals surface area (Å²) < 4.78 is 18.5. The third kappa shape index (κ3) is 3.07. The molecule has 3 nitrogen and oxygen atoms in total. The van der Waals surface area contributed by atoms with Crippen molar-refractivity contribution in [1.29, 1.82) is 5.26 Å². The molecule has 0 aromatic heterocycles. The van der Waals surface area contributed by atoms with E-state index in [0.717, 1.165) is 11.3 Å². The molecular formula is C16H15FN2O. The summed E-state index contributed by atoms with van der Waals surface area (Å²) in [6.45, 7) is 1.85. The monoisotopic (exact) mass is 270 g/mol. The highest BCUT2D eigenvalue weighted by Gasteiger charge is 2.14. The van der Waals surface area contributed by atoms with Crippen LogP contribution in [0.4, 0.5) is 10.1 Å². The van der Waals surface area contributed by atoms with Crippen molar-refractivity contribution in [2.75, 3.05) is 12.4 Å². The van der Waals surface area contributed by atoms with Crippen LogP contribution in [0.2, 0.25) is 0 Å². The van der Waals surface area contributed by atoms with E-state index < -0.39 is 6.04 Å². The van der Waals surface area contributed by atoms with Gasteiger partial charge >= 0.3 is 0 Å². The van der Waals surface area contributed by atoms with Gasteiger partial charge in [-0.15, -0.1) is 0 Å². The smallest absolute Gasteiger partial charge is 0.140 e. The number of anilines is 1. The molecule has 0 bridgehead atoms. The average molecular weight is 270 g/mol. The van der Waals surface area contributed by atoms with E-state index >= 15 is 0 Å². The molecule has 2 aromatic carbocycles. The zero-order valence-electron chi connectivity index (χ0n) is 11.4. The normalized spacial score (nSPS) is 11.5. The van der Waals surface area contributed by atoms with Gasteiger partial charge < -0.3 is 10.1 Å². The number of halogens is 1. The molecule has 0 amide bonds. The quantitative estimate of drug-likeness (QED) is 0.918. The molecule has 0 aliphatic heterocycles. The van der Waals surface area contributed by atoms with Crippen LogP contribution in [-0.2, 0) is 0 Å². The molecule has 4 heteroatoms. The molecule has 0 spiro atoms. The van der Waals surface area contributed by atoms with E-state index in [1.165, 1.54) is 12.1 Å². The number of hydrogen-bond donors (Lipinski definition) is 1. The summed E-state index contributed by atoms with van der Waals surface area (Å²) in [5.41, 5.74) is 2.25. The summed E-state index contributed by atoms with van der Waals surface area (Å²) in [7, 11) is 1.58. The first kappa shape index (κ1) is 13.9. The maximum absolute atomic E-state index is 13.3. The third-order valence-electron chi connectivity index (χ3n) is 3.06. The Balaban J connectivity index is 2.29. The van der Waals surface area contributed by atoms with Crippen molar-refractivity contribution in [2.45, 2.75) is 13.0 Å². The van der Waals surface area contributed by atoms with Crippen LogP contribution in [0.25, 0.3) is 0 Å². The summed E-state index contributed by atoms with van der Waals surface area (Å²) in [4.78, 5) is 0. The van der Waals surface area contributed by atoms with Gasteiger partial charge in [0.15, 0.2) is 0 Å². The van der Waals surface area contributed by atoms with E-state index in [1.807, 2.05) is 25.1 Å². The van der Waals surface area contributed by atoms with Gasteiger partial charge in [-0.25, -0.2) is 4.39 Å². The minimum absolute atomic E-state index is 0.349. The Labute approximate surface area is 117 Å². The Morgan fingerprint density at radius 2 is 2.05 bits per heavy atom. The number of methoxy groups -OCH3 is 1. The molecule has 1 unspecified atom stereocenters. The van der Waals surface area contributed by atoms with Gasteiger partial charge in [0, 0.05) is 11.8 Å². The van der Waals surface area contributed by atoms with Gasteiger partial charge in [-0.05, 0) is 42.3 Å². The first-order valence-electron chi connectivity index (χ1n) is 6.20. The largest absolute Gasteiger partial charge is 0.497 e. The fraction of sp³-hybridized carbons (Fsp3) is 0.188. The van der Waals surface area contributed by atoms with Gasteiger partial charge in [0.05, 0.1) is 13.2 Å². The predicted octanol–water partition coefficient (Wildman–Crippen LogP) is 3.82. The molecule has 0 saturated carbocycles. The Bertz CT molecular complexity index is 649. The molecule has 0 radical (unpaired) electrons. The van der Waals surface area contributed by atoms with Crippen LogP contribution in [-0.4, -0.2) is 7.11 Å². The van der Waals surface area contributed by atoms with Crippen molar-refractivity contribution in [3.8, 4) is 11.8 Å². The number of rotatable bonds is 4. The van der Waals surface area contributed by atoms with Crippen molar-refractivity contribution in [1.82, 2.24) is 0 Å². The molecule has 1 N–H and O–H groups in total. The molecule has 0 fully saturated rings. The standard InChI is InChI=1S/C16H15FN2O/c1-11-6-7-12(17)8-15(11)16(10-18)19-13-4-3-5-14(9-13)20-2/h3-9,16,19H,1-2H3. The molecule has 2 aromatic rings. The molecule has 0 aliphatic carbocycles. The van der Waals surface area contributed by atoms with Crippen LogP contribution in [0.1, 0.15) is 17.2 Å². The Kier molecular flexibility index (Phi) is 4.21. The van der Waals surface area contributed by atoms with E-state index in [1.54, 1.807) is 19.2 Å². The lowest BCUT2D eigenvalue weighted by atomic mass is 10.0. The van der Waals surface area contributed by atoms with Gasteiger partial charge in [-0.1, -0.05) is 12.1 Å². The highest BCUT2D eigenvalue weighted by Crippen LogP contribution is 2.25. The van der Waals surface area contributed by atoms with E-state index in [9.17, 15) is 9.65 Å². The average Bonchev–Trinajstić information content (AvgIpc) is 2.47. The van der Waals surface area contributed by atoms with Crippen LogP contribution in [0.15, 0.2) is 42.5 Å². The van der Waals surface area contributed by atoms with Crippen LogP contribution in [0.3, 0.4) is 0 Å². The number of nitrogens with zero attached hydrogens (tertiary/aromatic N) is 1. The number of aryl methyl sites for hydroxylation is 1. The van der Waals surface area contributed by atoms with Crippen molar-refractivity contribution in [2.24, 2.45) is 0 Å². The molecule has 2 rings (SSSR count). The number of hydrogen-bond acceptors (Lipinski definition) is 3. The lowest BCUT2D eigenvalue weighted by Gasteiger charge is -2.16. The highest BCUT2D eigenvalue weighted by atomic mass is 19.1. The van der Waals surface area contributed by atoms with Gasteiger partial charge in [0.1, 0.15) is 17.6 Å². The fourth-order valence-electron chi connectivity index (χ4n) is 1.98. The number of ether oxygens (including phenoxy) is 1. The minimum atomic E-state index is -0.613. The summed E-state index contributed by atoms with van der Waals surface area (Å²) in [5, 5.41) is 12.4. The first-order valence-corrected chi connectivity index (χ1v) is 6.20. The summed E-state index contributed by atoms with van der Waals surface area (Å²) >= 11 is 0. The Hall–Kier alpha value is -2.54. The Morgan fingerprint density at radius 1 is 1.25 bits per heavy atom. The van der Waals surface area contributed by atoms with Crippen molar-refractivity contribution < 1.29 is 9.13 Å². The van der Waals surface area contributed by atoms with Gasteiger partial charge in [-0.2, -0.15) is 5.26 Å². The topological polar surface area (TPSA) is 45.0 Å². The molecule has 0 saturated heterocycles. The second-order valence-corrected chi connectivity index (χ2v) is 4.44. The van der Waals surface area contributed by atoms with Crippen LogP contribution in [0, 0.1) is 24.1 Å². The van der Waals surface area contributed by atoms with Crippen molar-refractivity contribution in [3.05, 3.63) is 59.4 Å². The van der Waals surface area contributed by atoms with Crippen LogP contribution in [0.5, 0.6) is 5.75 Å². The minimum Gasteiger partial charge on any atom is -0.497 e. The predicted molar refractivity (Wildman–Crippen MR) is 76.1 cm³/mol. The molecule has 1 atom stereocenters. The van der Waals surface area contributed by atoms with Crippen molar-refractivity contribution >= 4 is 5.69 Å². The van der Waals surface area contributed by atoms with E-state index in [0.29, 0.717) is 11.3 Å². The second kappa shape index (κ2) is 6.07. The maximum atomic E-state index is 13.3. The van der Waals surface area contributed by atoms with Gasteiger partial charge in [-0.3, -0.25) is 0 Å². The number of benzene rings is 2.